The van der Waals surface area contributed by atoms with E-state index in [1.54, 1.807) is 29.7 Å². The number of alkyl halides is 2. The molecular weight excluding hydrogens is 382 g/mol. The minimum atomic E-state index is -2.90. The van der Waals surface area contributed by atoms with Crippen LogP contribution in [0.2, 0.25) is 0 Å². The maximum atomic E-state index is 12.4. The van der Waals surface area contributed by atoms with Crippen molar-refractivity contribution in [3.63, 3.8) is 0 Å². The Morgan fingerprint density at radius 2 is 2.07 bits per heavy atom. The van der Waals surface area contributed by atoms with Gasteiger partial charge in [0.15, 0.2) is 0 Å². The second-order valence-corrected chi connectivity index (χ2v) is 5.79. The molecule has 0 saturated carbocycles. The number of nitrogens with zero attached hydrogens (tertiary/aromatic N) is 2. The number of halogens is 2. The molecule has 3 rings (SSSR count). The summed E-state index contributed by atoms with van der Waals surface area (Å²) in [5.41, 5.74) is 2.30. The predicted molar refractivity (Wildman–Crippen MR) is 101 cm³/mol. The molecule has 6 nitrogen and oxygen atoms in total. The maximum Gasteiger partial charge on any atom is 0.387 e. The second kappa shape index (κ2) is 9.66. The van der Waals surface area contributed by atoms with Crippen molar-refractivity contribution in [1.82, 2.24) is 9.38 Å². The summed E-state index contributed by atoms with van der Waals surface area (Å²) in [7, 11) is 0. The lowest BCUT2D eigenvalue weighted by Crippen LogP contribution is -2.12. The van der Waals surface area contributed by atoms with E-state index in [1.807, 2.05) is 18.2 Å². The van der Waals surface area contributed by atoms with Crippen LogP contribution in [-0.4, -0.2) is 35.2 Å². The number of ether oxygens (including phenoxy) is 3. The van der Waals surface area contributed by atoms with Crippen LogP contribution in [0, 0.1) is 11.8 Å². The van der Waals surface area contributed by atoms with Gasteiger partial charge in [0.2, 0.25) is 0 Å². The van der Waals surface area contributed by atoms with Gasteiger partial charge in [0, 0.05) is 11.8 Å². The Bertz CT molecular complexity index is 1050. The molecule has 2 heterocycles. The van der Waals surface area contributed by atoms with Crippen LogP contribution >= 0.6 is 0 Å². The fraction of sp³-hybridized carbons (Fsp3) is 0.238. The number of fused-ring (bicyclic) bond motifs is 1. The van der Waals surface area contributed by atoms with Gasteiger partial charge in [-0.1, -0.05) is 18.1 Å². The number of carbonyl (C=O) groups is 1. The highest BCUT2D eigenvalue weighted by molar-refractivity contribution is 5.70. The summed E-state index contributed by atoms with van der Waals surface area (Å²) >= 11 is 0. The van der Waals surface area contributed by atoms with E-state index >= 15 is 0 Å². The van der Waals surface area contributed by atoms with E-state index in [2.05, 4.69) is 21.6 Å². The smallest absolute Gasteiger partial charge is 0.387 e. The molecule has 150 valence electrons. The lowest BCUT2D eigenvalue weighted by Gasteiger charge is -2.04. The predicted octanol–water partition coefficient (Wildman–Crippen LogP) is 3.42. The van der Waals surface area contributed by atoms with E-state index in [1.165, 1.54) is 12.1 Å². The van der Waals surface area contributed by atoms with Gasteiger partial charge in [-0.05, 0) is 43.2 Å². The van der Waals surface area contributed by atoms with Crippen LogP contribution in [0.1, 0.15) is 23.9 Å². The van der Waals surface area contributed by atoms with E-state index < -0.39 is 12.6 Å². The van der Waals surface area contributed by atoms with Crippen molar-refractivity contribution in [2.75, 3.05) is 13.2 Å². The quantitative estimate of drug-likeness (QED) is 0.449. The SMILES string of the molecule is CCOC(=O)COCc1nc2ccccn2c1C#Cc1cccc(OC(F)F)c1. The number of esters is 1. The van der Waals surface area contributed by atoms with Crippen molar-refractivity contribution in [3.8, 4) is 17.6 Å². The van der Waals surface area contributed by atoms with E-state index in [-0.39, 0.29) is 25.6 Å². The molecule has 0 saturated heterocycles. The fourth-order valence-corrected chi connectivity index (χ4v) is 2.59. The number of imidazole rings is 1. The highest BCUT2D eigenvalue weighted by Gasteiger charge is 2.12. The molecule has 29 heavy (non-hydrogen) atoms. The van der Waals surface area contributed by atoms with Gasteiger partial charge in [-0.25, -0.2) is 9.78 Å². The lowest BCUT2D eigenvalue weighted by molar-refractivity contribution is -0.148. The first-order chi connectivity index (χ1) is 14.1. The van der Waals surface area contributed by atoms with Gasteiger partial charge in [-0.2, -0.15) is 8.78 Å². The average Bonchev–Trinajstić information content (AvgIpc) is 3.04. The molecule has 0 aliphatic carbocycles. The van der Waals surface area contributed by atoms with Crippen molar-refractivity contribution in [2.45, 2.75) is 20.1 Å². The third-order valence-corrected chi connectivity index (χ3v) is 3.75. The summed E-state index contributed by atoms with van der Waals surface area (Å²) < 4.78 is 41.2. The number of pyridine rings is 1. The standard InChI is InChI=1S/C21H18F2N2O4/c1-2-28-20(26)14-27-13-17-18(25-11-4-3-8-19(25)24-17)10-9-15-6-5-7-16(12-15)29-21(22)23/h3-8,11-12,21H,2,13-14H2,1H3. The van der Waals surface area contributed by atoms with Crippen molar-refractivity contribution >= 4 is 11.6 Å². The molecule has 0 fully saturated rings. The van der Waals surface area contributed by atoms with Crippen molar-refractivity contribution in [1.29, 1.82) is 0 Å². The minimum absolute atomic E-state index is 0.0305. The molecule has 3 aromatic rings. The van der Waals surface area contributed by atoms with Crippen LogP contribution in [0.5, 0.6) is 5.75 Å². The zero-order valence-corrected chi connectivity index (χ0v) is 15.6. The van der Waals surface area contributed by atoms with Crippen LogP contribution < -0.4 is 4.74 Å². The Balaban J connectivity index is 1.85. The molecular formula is C21H18F2N2O4. The van der Waals surface area contributed by atoms with E-state index in [0.29, 0.717) is 22.6 Å². The Kier molecular flexibility index (Phi) is 6.76. The average molecular weight is 400 g/mol. The molecule has 8 heteroatoms. The van der Waals surface area contributed by atoms with E-state index in [0.717, 1.165) is 0 Å². The maximum absolute atomic E-state index is 12.4. The molecule has 0 atom stereocenters. The number of benzene rings is 1. The lowest BCUT2D eigenvalue weighted by atomic mass is 10.2. The Morgan fingerprint density at radius 3 is 2.86 bits per heavy atom. The number of hydrogen-bond acceptors (Lipinski definition) is 5. The van der Waals surface area contributed by atoms with Crippen LogP contribution in [0.15, 0.2) is 48.7 Å². The molecule has 1 aromatic carbocycles. The fourth-order valence-electron chi connectivity index (χ4n) is 2.59. The first kappa shape index (κ1) is 20.3. The summed E-state index contributed by atoms with van der Waals surface area (Å²) in [5.74, 6) is 5.51. The summed E-state index contributed by atoms with van der Waals surface area (Å²) in [4.78, 5) is 15.9. The van der Waals surface area contributed by atoms with Crippen molar-refractivity contribution in [2.24, 2.45) is 0 Å². The molecule has 0 spiro atoms. The Labute approximate surface area is 166 Å². The van der Waals surface area contributed by atoms with Crippen LogP contribution in [-0.2, 0) is 20.9 Å². The molecule has 0 amide bonds. The van der Waals surface area contributed by atoms with Crippen LogP contribution in [0.4, 0.5) is 8.78 Å². The minimum Gasteiger partial charge on any atom is -0.464 e. The second-order valence-electron chi connectivity index (χ2n) is 5.79. The van der Waals surface area contributed by atoms with Gasteiger partial charge in [0.1, 0.15) is 29.4 Å². The van der Waals surface area contributed by atoms with E-state index in [9.17, 15) is 13.6 Å². The first-order valence-electron chi connectivity index (χ1n) is 8.83. The molecule has 0 radical (unpaired) electrons. The Morgan fingerprint density at radius 1 is 1.21 bits per heavy atom. The number of carbonyl (C=O) groups excluding carboxylic acids is 1. The zero-order chi connectivity index (χ0) is 20.6. The molecule has 0 aliphatic heterocycles. The van der Waals surface area contributed by atoms with Crippen LogP contribution in [0.3, 0.4) is 0 Å². The summed E-state index contributed by atoms with van der Waals surface area (Å²) in [6.07, 6.45) is 1.80. The number of aromatic nitrogens is 2. The first-order valence-corrected chi connectivity index (χ1v) is 8.83. The summed E-state index contributed by atoms with van der Waals surface area (Å²) in [6.45, 7) is -1.03. The monoisotopic (exact) mass is 400 g/mol. The van der Waals surface area contributed by atoms with Crippen LogP contribution in [0.25, 0.3) is 5.65 Å². The van der Waals surface area contributed by atoms with Gasteiger partial charge in [0.25, 0.3) is 0 Å². The third kappa shape index (κ3) is 5.53. The summed E-state index contributed by atoms with van der Waals surface area (Å²) in [6, 6.07) is 11.6. The van der Waals surface area contributed by atoms with Gasteiger partial charge in [-0.3, -0.25) is 4.40 Å². The molecule has 0 N–H and O–H groups in total. The normalized spacial score (nSPS) is 10.6. The van der Waals surface area contributed by atoms with Gasteiger partial charge < -0.3 is 14.2 Å². The highest BCUT2D eigenvalue weighted by atomic mass is 19.3. The van der Waals surface area contributed by atoms with Crippen molar-refractivity contribution < 1.29 is 27.8 Å². The molecule has 0 unspecified atom stereocenters. The summed E-state index contributed by atoms with van der Waals surface area (Å²) in [5, 5.41) is 0. The third-order valence-electron chi connectivity index (χ3n) is 3.75. The topological polar surface area (TPSA) is 62.1 Å². The molecule has 0 bridgehead atoms. The Hall–Kier alpha value is -3.44. The number of hydrogen-bond donors (Lipinski definition) is 0. The highest BCUT2D eigenvalue weighted by Crippen LogP contribution is 2.16. The van der Waals surface area contributed by atoms with E-state index in [4.69, 9.17) is 9.47 Å². The van der Waals surface area contributed by atoms with Crippen molar-refractivity contribution in [3.05, 3.63) is 65.6 Å². The molecule has 0 aliphatic rings. The van der Waals surface area contributed by atoms with Gasteiger partial charge >= 0.3 is 12.6 Å². The molecule has 2 aromatic heterocycles. The largest absolute Gasteiger partial charge is 0.464 e. The zero-order valence-electron chi connectivity index (χ0n) is 15.6. The van der Waals surface area contributed by atoms with Gasteiger partial charge in [0.05, 0.1) is 13.2 Å². The number of rotatable bonds is 7. The van der Waals surface area contributed by atoms with Gasteiger partial charge in [-0.15, -0.1) is 0 Å².